The molecule has 4 rings (SSSR count). The number of aromatic nitrogens is 5. The lowest BCUT2D eigenvalue weighted by Gasteiger charge is -2.28. The second kappa shape index (κ2) is 7.66. The van der Waals surface area contributed by atoms with Crippen LogP contribution in [0.5, 0.6) is 0 Å². The zero-order valence-electron chi connectivity index (χ0n) is 15.4. The average Bonchev–Trinajstić information content (AvgIpc) is 3.07. The van der Waals surface area contributed by atoms with Gasteiger partial charge in [0, 0.05) is 11.1 Å². The van der Waals surface area contributed by atoms with Gasteiger partial charge >= 0.3 is 0 Å². The molecule has 0 bridgehead atoms. The molecular weight excluding hydrogens is 522 g/mol. The van der Waals surface area contributed by atoms with Gasteiger partial charge in [0.05, 0.1) is 11.9 Å². The molecule has 1 atom stereocenters. The van der Waals surface area contributed by atoms with E-state index in [9.17, 15) is 9.65 Å². The van der Waals surface area contributed by atoms with Gasteiger partial charge in [-0.25, -0.2) is 23.9 Å². The predicted octanol–water partition coefficient (Wildman–Crippen LogP) is 4.15. The minimum atomic E-state index is -0.834. The van der Waals surface area contributed by atoms with Crippen molar-refractivity contribution in [3.05, 3.63) is 65.0 Å². The molecule has 0 aliphatic heterocycles. The standard InChI is InChI=1S/C19H13ClFIN8/c1-19(22,28-18-12(7-23)17(24)26-9-27-18)13-6-15-25-8-14(20)30(15)29-16(13)10-3-2-4-11(21)5-10/h2-6,8-9H,1H3,(H3,24,26,27,28)/t19-/m1/s1. The Bertz CT molecular complexity index is 1310. The lowest BCUT2D eigenvalue weighted by atomic mass is 10.0. The number of anilines is 2. The number of nitrogens with one attached hydrogen (secondary N) is 1. The molecular formula is C19H13ClFIN8. The Morgan fingerprint density at radius 2 is 2.10 bits per heavy atom. The van der Waals surface area contributed by atoms with Crippen molar-refractivity contribution in [3.63, 3.8) is 0 Å². The van der Waals surface area contributed by atoms with Crippen molar-refractivity contribution in [1.82, 2.24) is 24.6 Å². The molecule has 0 radical (unpaired) electrons. The predicted molar refractivity (Wildman–Crippen MR) is 120 cm³/mol. The fourth-order valence-corrected chi connectivity index (χ4v) is 3.83. The Hall–Kier alpha value is -3.04. The largest absolute Gasteiger partial charge is 0.382 e. The number of nitrogens with two attached hydrogens (primary N) is 1. The summed E-state index contributed by atoms with van der Waals surface area (Å²) >= 11 is 8.36. The van der Waals surface area contributed by atoms with Crippen LogP contribution in [0.4, 0.5) is 16.0 Å². The third-order valence-corrected chi connectivity index (χ3v) is 5.51. The van der Waals surface area contributed by atoms with Gasteiger partial charge in [0.1, 0.15) is 33.1 Å². The highest BCUT2D eigenvalue weighted by Crippen LogP contribution is 2.39. The summed E-state index contributed by atoms with van der Waals surface area (Å²) in [6.07, 6.45) is 2.76. The fourth-order valence-electron chi connectivity index (χ4n) is 2.99. The summed E-state index contributed by atoms with van der Waals surface area (Å²) in [5, 5.41) is 17.6. The van der Waals surface area contributed by atoms with E-state index in [0.29, 0.717) is 27.6 Å². The average molecular weight is 535 g/mol. The van der Waals surface area contributed by atoms with Gasteiger partial charge in [0.2, 0.25) is 0 Å². The van der Waals surface area contributed by atoms with Crippen LogP contribution in [-0.2, 0) is 3.55 Å². The first-order valence-corrected chi connectivity index (χ1v) is 10.0. The van der Waals surface area contributed by atoms with E-state index in [1.165, 1.54) is 29.2 Å². The van der Waals surface area contributed by atoms with Crippen molar-refractivity contribution in [3.8, 4) is 17.3 Å². The smallest absolute Gasteiger partial charge is 0.155 e. The van der Waals surface area contributed by atoms with Gasteiger partial charge in [-0.05, 0) is 47.7 Å². The Morgan fingerprint density at radius 3 is 2.83 bits per heavy atom. The van der Waals surface area contributed by atoms with Crippen LogP contribution >= 0.6 is 34.2 Å². The summed E-state index contributed by atoms with van der Waals surface area (Å²) in [4.78, 5) is 12.3. The molecule has 30 heavy (non-hydrogen) atoms. The van der Waals surface area contributed by atoms with Crippen LogP contribution in [-0.4, -0.2) is 24.6 Å². The van der Waals surface area contributed by atoms with Gasteiger partial charge in [-0.2, -0.15) is 10.4 Å². The number of rotatable bonds is 4. The van der Waals surface area contributed by atoms with E-state index in [1.807, 2.05) is 13.0 Å². The molecule has 0 amide bonds. The Labute approximate surface area is 189 Å². The van der Waals surface area contributed by atoms with E-state index >= 15 is 0 Å². The van der Waals surface area contributed by atoms with Crippen LogP contribution in [0.2, 0.25) is 5.15 Å². The number of benzene rings is 1. The van der Waals surface area contributed by atoms with E-state index in [2.05, 4.69) is 48.0 Å². The lowest BCUT2D eigenvalue weighted by molar-refractivity contribution is 0.628. The van der Waals surface area contributed by atoms with Crippen molar-refractivity contribution in [1.29, 1.82) is 5.26 Å². The molecule has 4 aromatic rings. The highest BCUT2D eigenvalue weighted by atomic mass is 127. The second-order valence-electron chi connectivity index (χ2n) is 6.49. The third-order valence-electron chi connectivity index (χ3n) is 4.40. The lowest BCUT2D eigenvalue weighted by Crippen LogP contribution is -2.27. The maximum Gasteiger partial charge on any atom is 0.155 e. The van der Waals surface area contributed by atoms with E-state index in [0.717, 1.165) is 0 Å². The summed E-state index contributed by atoms with van der Waals surface area (Å²) in [6, 6.07) is 9.91. The van der Waals surface area contributed by atoms with Crippen molar-refractivity contribution >= 4 is 51.5 Å². The van der Waals surface area contributed by atoms with Gasteiger partial charge in [-0.15, -0.1) is 0 Å². The Morgan fingerprint density at radius 1 is 1.30 bits per heavy atom. The highest BCUT2D eigenvalue weighted by Gasteiger charge is 2.30. The topological polar surface area (TPSA) is 118 Å². The number of hydrogen-bond donors (Lipinski definition) is 2. The second-order valence-corrected chi connectivity index (χ2v) is 9.03. The number of alkyl halides is 1. The zero-order valence-corrected chi connectivity index (χ0v) is 18.3. The molecule has 0 spiro atoms. The van der Waals surface area contributed by atoms with Gasteiger partial charge in [-0.1, -0.05) is 23.7 Å². The zero-order chi connectivity index (χ0) is 21.5. The molecule has 1 aromatic carbocycles. The van der Waals surface area contributed by atoms with Crippen LogP contribution in [0.3, 0.4) is 0 Å². The van der Waals surface area contributed by atoms with Crippen LogP contribution in [0.25, 0.3) is 16.9 Å². The Kier molecular flexibility index (Phi) is 5.17. The molecule has 0 aliphatic carbocycles. The van der Waals surface area contributed by atoms with Gasteiger partial charge < -0.3 is 11.1 Å². The number of nitriles is 1. The molecule has 0 saturated heterocycles. The first-order valence-electron chi connectivity index (χ1n) is 8.58. The van der Waals surface area contributed by atoms with Crippen molar-refractivity contribution < 1.29 is 4.39 Å². The van der Waals surface area contributed by atoms with Gasteiger partial charge in [0.15, 0.2) is 16.6 Å². The first kappa shape index (κ1) is 20.2. The van der Waals surface area contributed by atoms with Crippen LogP contribution in [0, 0.1) is 17.1 Å². The third kappa shape index (κ3) is 3.61. The SMILES string of the molecule is C[C@@](I)(Nc1ncnc(N)c1C#N)c1cc2ncc(Cl)n2nc1-c1cccc(F)c1. The highest BCUT2D eigenvalue weighted by molar-refractivity contribution is 14.1. The molecule has 150 valence electrons. The van der Waals surface area contributed by atoms with Crippen molar-refractivity contribution in [2.45, 2.75) is 10.5 Å². The molecule has 8 nitrogen and oxygen atoms in total. The van der Waals surface area contributed by atoms with Gasteiger partial charge in [0.25, 0.3) is 0 Å². The molecule has 3 N–H and O–H groups in total. The maximum atomic E-state index is 13.9. The van der Waals surface area contributed by atoms with Crippen LogP contribution < -0.4 is 11.1 Å². The molecule has 3 aromatic heterocycles. The summed E-state index contributed by atoms with van der Waals surface area (Å²) in [5.41, 5.74) is 8.19. The fraction of sp³-hybridized carbons (Fsp3) is 0.105. The number of fused-ring (bicyclic) bond motifs is 1. The number of nitrogen functional groups attached to an aromatic ring is 1. The quantitative estimate of drug-likeness (QED) is 0.229. The van der Waals surface area contributed by atoms with Crippen molar-refractivity contribution in [2.24, 2.45) is 0 Å². The minimum absolute atomic E-state index is 0.0705. The molecule has 0 aliphatic rings. The van der Waals surface area contributed by atoms with Crippen molar-refractivity contribution in [2.75, 3.05) is 11.1 Å². The summed E-state index contributed by atoms with van der Waals surface area (Å²) < 4.78 is 14.6. The van der Waals surface area contributed by atoms with E-state index in [4.69, 9.17) is 17.3 Å². The van der Waals surface area contributed by atoms with E-state index < -0.39 is 9.36 Å². The van der Waals surface area contributed by atoms with Crippen LogP contribution in [0.1, 0.15) is 18.1 Å². The van der Waals surface area contributed by atoms with E-state index in [1.54, 1.807) is 18.2 Å². The summed E-state index contributed by atoms with van der Waals surface area (Å²) in [7, 11) is 0. The maximum absolute atomic E-state index is 13.9. The summed E-state index contributed by atoms with van der Waals surface area (Å²) in [6.45, 7) is 1.87. The number of halogens is 3. The minimum Gasteiger partial charge on any atom is -0.382 e. The number of nitrogens with zero attached hydrogens (tertiary/aromatic N) is 6. The Balaban J connectivity index is 1.91. The monoisotopic (exact) mass is 534 g/mol. The normalized spacial score (nSPS) is 13.0. The number of hydrogen-bond acceptors (Lipinski definition) is 7. The molecule has 0 unspecified atom stereocenters. The molecule has 0 fully saturated rings. The van der Waals surface area contributed by atoms with E-state index in [-0.39, 0.29) is 17.2 Å². The molecule has 11 heteroatoms. The first-order chi connectivity index (χ1) is 14.3. The van der Waals surface area contributed by atoms with Crippen LogP contribution in [0.15, 0.2) is 42.9 Å². The molecule has 3 heterocycles. The van der Waals surface area contributed by atoms with Gasteiger partial charge in [-0.3, -0.25) is 0 Å². The molecule has 0 saturated carbocycles. The summed E-state index contributed by atoms with van der Waals surface area (Å²) in [5.74, 6) is -0.0509. The number of imidazole rings is 1.